The molecule has 1 saturated heterocycles. The van der Waals surface area contributed by atoms with E-state index in [1.807, 2.05) is 20.8 Å². The average Bonchev–Trinajstić information content (AvgIpc) is 3.29. The predicted octanol–water partition coefficient (Wildman–Crippen LogP) is 2.87. The van der Waals surface area contributed by atoms with Gasteiger partial charge >= 0.3 is 11.8 Å². The van der Waals surface area contributed by atoms with Crippen molar-refractivity contribution in [3.05, 3.63) is 40.6 Å². The molecular weight excluding hydrogens is 391 g/mol. The number of likely N-dealkylation sites (tertiary alicyclic amines) is 1. The number of carbonyl (C=O) groups excluding carboxylic acids is 1. The molecule has 0 aliphatic carbocycles. The van der Waals surface area contributed by atoms with Gasteiger partial charge in [0.15, 0.2) is 5.82 Å². The molecule has 2 aromatic heterocycles. The molecule has 0 spiro atoms. The first-order chi connectivity index (χ1) is 14.2. The summed E-state index contributed by atoms with van der Waals surface area (Å²) in [5.74, 6) is 0.183. The van der Waals surface area contributed by atoms with E-state index in [2.05, 4.69) is 25.5 Å². The van der Waals surface area contributed by atoms with Crippen LogP contribution < -0.4 is 11.0 Å². The lowest BCUT2D eigenvalue weighted by molar-refractivity contribution is 0.0293. The van der Waals surface area contributed by atoms with Crippen molar-refractivity contribution in [3.8, 4) is 11.5 Å². The van der Waals surface area contributed by atoms with Crippen LogP contribution in [0.4, 0.5) is 15.0 Å². The highest BCUT2D eigenvalue weighted by molar-refractivity contribution is 5.94. The molecule has 1 fully saturated rings. The molecule has 158 valence electrons. The molecule has 30 heavy (non-hydrogen) atoms. The number of rotatable bonds is 3. The normalized spacial score (nSPS) is 16.8. The monoisotopic (exact) mass is 414 g/mol. The van der Waals surface area contributed by atoms with Crippen LogP contribution in [0.2, 0.25) is 0 Å². The zero-order valence-electron chi connectivity index (χ0n) is 17.0. The predicted molar refractivity (Wildman–Crippen MR) is 110 cm³/mol. The van der Waals surface area contributed by atoms with Gasteiger partial charge in [0.25, 0.3) is 0 Å². The van der Waals surface area contributed by atoms with Crippen molar-refractivity contribution in [2.24, 2.45) is 0 Å². The van der Waals surface area contributed by atoms with Crippen LogP contribution in [0.1, 0.15) is 27.2 Å². The lowest BCUT2D eigenvalue weighted by Gasteiger charge is -2.24. The summed E-state index contributed by atoms with van der Waals surface area (Å²) < 4.78 is 20.0. The van der Waals surface area contributed by atoms with Gasteiger partial charge in [-0.2, -0.15) is 5.10 Å². The molecule has 3 heterocycles. The summed E-state index contributed by atoms with van der Waals surface area (Å²) in [5.41, 5.74) is -0.626. The van der Waals surface area contributed by atoms with Crippen LogP contribution >= 0.6 is 0 Å². The van der Waals surface area contributed by atoms with Crippen LogP contribution in [-0.4, -0.2) is 55.9 Å². The minimum absolute atomic E-state index is 0.124. The molecular formula is C20H23FN6O3. The maximum atomic E-state index is 14.6. The topological polar surface area (TPSA) is 116 Å². The Balaban J connectivity index is 1.62. The van der Waals surface area contributed by atoms with Crippen LogP contribution in [0.5, 0.6) is 0 Å². The van der Waals surface area contributed by atoms with Crippen molar-refractivity contribution in [1.29, 1.82) is 0 Å². The van der Waals surface area contributed by atoms with Gasteiger partial charge in [0, 0.05) is 19.1 Å². The first-order valence-corrected chi connectivity index (χ1v) is 9.68. The maximum Gasteiger partial charge on any atom is 0.410 e. The van der Waals surface area contributed by atoms with E-state index in [0.717, 1.165) is 0 Å². The van der Waals surface area contributed by atoms with Gasteiger partial charge in [-0.1, -0.05) is 12.1 Å². The molecule has 1 amide bonds. The number of hydrogen-bond acceptors (Lipinski definition) is 6. The van der Waals surface area contributed by atoms with Crippen LogP contribution in [0.3, 0.4) is 0 Å². The molecule has 1 atom stereocenters. The van der Waals surface area contributed by atoms with Crippen LogP contribution in [-0.2, 0) is 4.74 Å². The first kappa shape index (κ1) is 19.9. The van der Waals surface area contributed by atoms with Crippen molar-refractivity contribution < 1.29 is 13.9 Å². The number of ether oxygens (including phenoxy) is 1. The summed E-state index contributed by atoms with van der Waals surface area (Å²) in [7, 11) is 0. The highest BCUT2D eigenvalue weighted by atomic mass is 19.1. The van der Waals surface area contributed by atoms with Gasteiger partial charge in [0.05, 0.1) is 5.39 Å². The second-order valence-electron chi connectivity index (χ2n) is 8.28. The smallest absolute Gasteiger partial charge is 0.410 e. The fourth-order valence-corrected chi connectivity index (χ4v) is 3.45. The summed E-state index contributed by atoms with van der Waals surface area (Å²) in [4.78, 5) is 32.4. The van der Waals surface area contributed by atoms with Gasteiger partial charge < -0.3 is 15.0 Å². The number of anilines is 1. The Hall–Kier alpha value is -3.43. The molecule has 10 heteroatoms. The molecule has 3 aromatic rings. The Morgan fingerprint density at radius 3 is 2.87 bits per heavy atom. The van der Waals surface area contributed by atoms with E-state index in [1.54, 1.807) is 23.1 Å². The summed E-state index contributed by atoms with van der Waals surface area (Å²) in [6.07, 6.45) is 0.291. The van der Waals surface area contributed by atoms with Gasteiger partial charge in [0.1, 0.15) is 22.9 Å². The van der Waals surface area contributed by atoms with Crippen molar-refractivity contribution >= 4 is 22.7 Å². The standard InChI is InChI=1S/C20H23FN6O3/c1-20(2,3)30-19(29)27-8-7-12(10-27)22-17-15-11(5-4-6-13(15)21)9-14(23-17)16-24-18(28)26-25-16/h4-6,9,12H,7-8,10H2,1-3H3,(H,22,23)(H2,24,25,26,28). The Bertz CT molecular complexity index is 1150. The Morgan fingerprint density at radius 1 is 1.37 bits per heavy atom. The molecule has 0 radical (unpaired) electrons. The largest absolute Gasteiger partial charge is 0.444 e. The number of H-pyrrole nitrogens is 2. The van der Waals surface area contributed by atoms with E-state index < -0.39 is 17.1 Å². The van der Waals surface area contributed by atoms with Crippen LogP contribution in [0.15, 0.2) is 29.1 Å². The summed E-state index contributed by atoms with van der Waals surface area (Å²) in [5, 5.41) is 10.4. The second kappa shape index (κ2) is 7.43. The summed E-state index contributed by atoms with van der Waals surface area (Å²) in [6.45, 7) is 6.40. The Morgan fingerprint density at radius 2 is 2.17 bits per heavy atom. The number of pyridine rings is 1. The third kappa shape index (κ3) is 4.12. The fraction of sp³-hybridized carbons (Fsp3) is 0.400. The number of aromatic amines is 2. The van der Waals surface area contributed by atoms with Crippen molar-refractivity contribution in [2.75, 3.05) is 18.4 Å². The second-order valence-corrected chi connectivity index (χ2v) is 8.28. The number of nitrogens with zero attached hydrogens (tertiary/aromatic N) is 3. The van der Waals surface area contributed by atoms with E-state index in [1.165, 1.54) is 6.07 Å². The molecule has 1 aliphatic rings. The SMILES string of the molecule is CC(C)(C)OC(=O)N1CCC(Nc2nc(-c3n[nH]c(=O)[nH]3)cc3cccc(F)c23)C1. The number of aromatic nitrogens is 4. The number of nitrogens with one attached hydrogen (secondary N) is 3. The number of fused-ring (bicyclic) bond motifs is 1. The quantitative estimate of drug-likeness (QED) is 0.607. The summed E-state index contributed by atoms with van der Waals surface area (Å²) in [6, 6.07) is 6.28. The number of carbonyl (C=O) groups is 1. The van der Waals surface area contributed by atoms with Crippen LogP contribution in [0.25, 0.3) is 22.3 Å². The fourth-order valence-electron chi connectivity index (χ4n) is 3.45. The average molecular weight is 414 g/mol. The third-order valence-corrected chi connectivity index (χ3v) is 4.73. The van der Waals surface area contributed by atoms with Crippen molar-refractivity contribution in [2.45, 2.75) is 38.8 Å². The highest BCUT2D eigenvalue weighted by Crippen LogP contribution is 2.30. The van der Waals surface area contributed by atoms with E-state index in [9.17, 15) is 14.0 Å². The lowest BCUT2D eigenvalue weighted by Crippen LogP contribution is -2.36. The highest BCUT2D eigenvalue weighted by Gasteiger charge is 2.30. The first-order valence-electron chi connectivity index (χ1n) is 9.68. The number of halogens is 1. The molecule has 9 nitrogen and oxygen atoms in total. The third-order valence-electron chi connectivity index (χ3n) is 4.73. The zero-order chi connectivity index (χ0) is 21.5. The molecule has 1 aromatic carbocycles. The molecule has 3 N–H and O–H groups in total. The molecule has 4 rings (SSSR count). The summed E-state index contributed by atoms with van der Waals surface area (Å²) >= 11 is 0. The zero-order valence-corrected chi connectivity index (χ0v) is 17.0. The van der Waals surface area contributed by atoms with Crippen LogP contribution in [0, 0.1) is 5.82 Å². The lowest BCUT2D eigenvalue weighted by atomic mass is 10.1. The number of benzene rings is 1. The van der Waals surface area contributed by atoms with Gasteiger partial charge in [-0.05, 0) is 44.7 Å². The number of hydrogen-bond donors (Lipinski definition) is 3. The van der Waals surface area contributed by atoms with Crippen molar-refractivity contribution in [1.82, 2.24) is 25.1 Å². The van der Waals surface area contributed by atoms with E-state index >= 15 is 0 Å². The minimum Gasteiger partial charge on any atom is -0.444 e. The van der Waals surface area contributed by atoms with E-state index in [0.29, 0.717) is 41.8 Å². The molecule has 0 saturated carbocycles. The number of amides is 1. The van der Waals surface area contributed by atoms with Gasteiger partial charge in [0.2, 0.25) is 0 Å². The van der Waals surface area contributed by atoms with E-state index in [4.69, 9.17) is 4.74 Å². The van der Waals surface area contributed by atoms with Crippen molar-refractivity contribution in [3.63, 3.8) is 0 Å². The van der Waals surface area contributed by atoms with Gasteiger partial charge in [-0.25, -0.2) is 24.1 Å². The molecule has 1 unspecified atom stereocenters. The molecule has 0 bridgehead atoms. The van der Waals surface area contributed by atoms with E-state index in [-0.39, 0.29) is 18.0 Å². The maximum absolute atomic E-state index is 14.6. The Labute approximate surface area is 171 Å². The molecule has 1 aliphatic heterocycles. The minimum atomic E-state index is -0.571. The Kier molecular flexibility index (Phi) is 4.92. The van der Waals surface area contributed by atoms with Gasteiger partial charge in [-0.3, -0.25) is 4.98 Å². The van der Waals surface area contributed by atoms with Gasteiger partial charge in [-0.15, -0.1) is 0 Å².